The summed E-state index contributed by atoms with van der Waals surface area (Å²) in [6, 6.07) is 0. The Morgan fingerprint density at radius 1 is 1.12 bits per heavy atom. The molecular weight excluding hydrogens is 218 g/mol. The van der Waals surface area contributed by atoms with E-state index in [2.05, 4.69) is 0 Å². The number of aliphatic hydroxyl groups excluding tert-OH is 1. The first-order valence-electron chi connectivity index (χ1n) is 6.79. The summed E-state index contributed by atoms with van der Waals surface area (Å²) >= 11 is 0. The van der Waals surface area contributed by atoms with E-state index < -0.39 is 6.10 Å². The average Bonchev–Trinajstić information content (AvgIpc) is 2.52. The summed E-state index contributed by atoms with van der Waals surface area (Å²) in [6.07, 6.45) is 6.49. The van der Waals surface area contributed by atoms with Crippen molar-refractivity contribution in [2.24, 2.45) is 5.73 Å². The molecule has 0 aliphatic heterocycles. The van der Waals surface area contributed by atoms with Crippen molar-refractivity contribution in [3.63, 3.8) is 0 Å². The van der Waals surface area contributed by atoms with Crippen LogP contribution in [0, 0.1) is 0 Å². The highest BCUT2D eigenvalue weighted by atomic mass is 16.5. The Bertz CT molecular complexity index is 191. The SMILES string of the molecule is CCOCC(O)COCC1(N)CCCCCC1. The van der Waals surface area contributed by atoms with Crippen molar-refractivity contribution in [3.05, 3.63) is 0 Å². The van der Waals surface area contributed by atoms with Gasteiger partial charge in [-0.15, -0.1) is 0 Å². The van der Waals surface area contributed by atoms with Crippen molar-refractivity contribution >= 4 is 0 Å². The second-order valence-corrected chi connectivity index (χ2v) is 5.11. The van der Waals surface area contributed by atoms with Crippen molar-refractivity contribution in [3.8, 4) is 0 Å². The molecule has 0 aromatic carbocycles. The average molecular weight is 245 g/mol. The predicted molar refractivity (Wildman–Crippen MR) is 67.9 cm³/mol. The minimum atomic E-state index is -0.538. The van der Waals surface area contributed by atoms with E-state index in [0.29, 0.717) is 26.4 Å². The van der Waals surface area contributed by atoms with Gasteiger partial charge in [0, 0.05) is 12.1 Å². The lowest BCUT2D eigenvalue weighted by atomic mass is 9.93. The van der Waals surface area contributed by atoms with E-state index in [-0.39, 0.29) is 5.54 Å². The lowest BCUT2D eigenvalue weighted by Crippen LogP contribution is -2.44. The minimum Gasteiger partial charge on any atom is -0.388 e. The van der Waals surface area contributed by atoms with E-state index in [1.165, 1.54) is 25.7 Å². The van der Waals surface area contributed by atoms with Crippen LogP contribution in [0.2, 0.25) is 0 Å². The Balaban J connectivity index is 2.15. The molecule has 4 nitrogen and oxygen atoms in total. The van der Waals surface area contributed by atoms with Gasteiger partial charge in [-0.2, -0.15) is 0 Å². The second kappa shape index (κ2) is 8.03. The van der Waals surface area contributed by atoms with Gasteiger partial charge in [-0.3, -0.25) is 0 Å². The molecular formula is C13H27NO3. The van der Waals surface area contributed by atoms with Gasteiger partial charge in [-0.05, 0) is 19.8 Å². The van der Waals surface area contributed by atoms with Gasteiger partial charge in [0.05, 0.1) is 19.8 Å². The van der Waals surface area contributed by atoms with E-state index in [0.717, 1.165) is 12.8 Å². The van der Waals surface area contributed by atoms with Gasteiger partial charge in [0.1, 0.15) is 6.10 Å². The minimum absolute atomic E-state index is 0.179. The molecule has 1 fully saturated rings. The number of nitrogens with two attached hydrogens (primary N) is 1. The molecule has 0 heterocycles. The maximum atomic E-state index is 9.56. The molecule has 102 valence electrons. The summed E-state index contributed by atoms with van der Waals surface area (Å²) < 4.78 is 10.7. The molecule has 1 unspecified atom stereocenters. The van der Waals surface area contributed by atoms with Crippen LogP contribution < -0.4 is 5.73 Å². The largest absolute Gasteiger partial charge is 0.388 e. The van der Waals surface area contributed by atoms with Crippen LogP contribution in [0.3, 0.4) is 0 Å². The smallest absolute Gasteiger partial charge is 0.101 e. The van der Waals surface area contributed by atoms with Crippen LogP contribution in [0.1, 0.15) is 45.4 Å². The Morgan fingerprint density at radius 3 is 2.29 bits per heavy atom. The maximum absolute atomic E-state index is 9.56. The molecule has 0 amide bonds. The van der Waals surface area contributed by atoms with Gasteiger partial charge in [0.25, 0.3) is 0 Å². The van der Waals surface area contributed by atoms with Crippen LogP contribution in [0.5, 0.6) is 0 Å². The predicted octanol–water partition coefficient (Wildman–Crippen LogP) is 1.45. The zero-order valence-electron chi connectivity index (χ0n) is 11.0. The van der Waals surface area contributed by atoms with E-state index in [1.54, 1.807) is 0 Å². The lowest BCUT2D eigenvalue weighted by molar-refractivity contribution is -0.0283. The van der Waals surface area contributed by atoms with Crippen LogP contribution >= 0.6 is 0 Å². The van der Waals surface area contributed by atoms with Gasteiger partial charge < -0.3 is 20.3 Å². The number of aliphatic hydroxyl groups is 1. The molecule has 0 bridgehead atoms. The van der Waals surface area contributed by atoms with Gasteiger partial charge in [-0.1, -0.05) is 25.7 Å². The number of rotatable bonds is 7. The van der Waals surface area contributed by atoms with E-state index in [9.17, 15) is 5.11 Å². The zero-order valence-corrected chi connectivity index (χ0v) is 11.0. The molecule has 3 N–H and O–H groups in total. The third kappa shape index (κ3) is 6.36. The second-order valence-electron chi connectivity index (χ2n) is 5.11. The summed E-state index contributed by atoms with van der Waals surface area (Å²) in [6.45, 7) is 3.75. The highest BCUT2D eigenvalue weighted by molar-refractivity contribution is 4.85. The van der Waals surface area contributed by atoms with Gasteiger partial charge in [0.15, 0.2) is 0 Å². The van der Waals surface area contributed by atoms with Crippen molar-refractivity contribution in [2.75, 3.05) is 26.4 Å². The van der Waals surface area contributed by atoms with Crippen LogP contribution in [0.25, 0.3) is 0 Å². The molecule has 0 spiro atoms. The first-order chi connectivity index (χ1) is 8.16. The molecule has 0 aromatic rings. The molecule has 1 aliphatic carbocycles. The Hall–Kier alpha value is -0.160. The van der Waals surface area contributed by atoms with Crippen molar-refractivity contribution in [1.29, 1.82) is 0 Å². The Morgan fingerprint density at radius 2 is 1.71 bits per heavy atom. The summed E-state index contributed by atoms with van der Waals surface area (Å²) in [7, 11) is 0. The molecule has 0 radical (unpaired) electrons. The van der Waals surface area contributed by atoms with E-state index in [1.807, 2.05) is 6.92 Å². The van der Waals surface area contributed by atoms with Gasteiger partial charge >= 0.3 is 0 Å². The molecule has 0 aromatic heterocycles. The van der Waals surface area contributed by atoms with Crippen molar-refractivity contribution < 1.29 is 14.6 Å². The fourth-order valence-electron chi connectivity index (χ4n) is 2.28. The summed E-state index contributed by atoms with van der Waals surface area (Å²) in [5.74, 6) is 0. The molecule has 1 aliphatic rings. The van der Waals surface area contributed by atoms with E-state index in [4.69, 9.17) is 15.2 Å². The topological polar surface area (TPSA) is 64.7 Å². The number of hydrogen-bond acceptors (Lipinski definition) is 4. The fraction of sp³-hybridized carbons (Fsp3) is 1.00. The van der Waals surface area contributed by atoms with Crippen LogP contribution in [0.4, 0.5) is 0 Å². The molecule has 17 heavy (non-hydrogen) atoms. The van der Waals surface area contributed by atoms with Crippen LogP contribution in [-0.4, -0.2) is 43.2 Å². The number of hydrogen-bond donors (Lipinski definition) is 2. The zero-order chi connectivity index (χ0) is 12.6. The molecule has 1 rings (SSSR count). The Kier molecular flexibility index (Phi) is 7.04. The van der Waals surface area contributed by atoms with Crippen molar-refractivity contribution in [2.45, 2.75) is 57.1 Å². The first-order valence-corrected chi connectivity index (χ1v) is 6.79. The van der Waals surface area contributed by atoms with E-state index >= 15 is 0 Å². The molecule has 1 saturated carbocycles. The highest BCUT2D eigenvalue weighted by Crippen LogP contribution is 2.25. The van der Waals surface area contributed by atoms with Crippen LogP contribution in [0.15, 0.2) is 0 Å². The lowest BCUT2D eigenvalue weighted by Gasteiger charge is -2.28. The monoisotopic (exact) mass is 245 g/mol. The van der Waals surface area contributed by atoms with Gasteiger partial charge in [0.2, 0.25) is 0 Å². The quantitative estimate of drug-likeness (QED) is 0.666. The summed E-state index contributed by atoms with van der Waals surface area (Å²) in [5, 5.41) is 9.56. The molecule has 4 heteroatoms. The standard InChI is InChI=1S/C13H27NO3/c1-2-16-9-12(15)10-17-11-13(14)7-5-3-4-6-8-13/h12,15H,2-11,14H2,1H3. The summed E-state index contributed by atoms with van der Waals surface area (Å²) in [5.41, 5.74) is 6.13. The first kappa shape index (κ1) is 14.9. The normalized spacial score (nSPS) is 22.1. The van der Waals surface area contributed by atoms with Crippen LogP contribution in [-0.2, 0) is 9.47 Å². The molecule has 0 saturated heterocycles. The maximum Gasteiger partial charge on any atom is 0.101 e. The van der Waals surface area contributed by atoms with Gasteiger partial charge in [-0.25, -0.2) is 0 Å². The molecule has 1 atom stereocenters. The highest BCUT2D eigenvalue weighted by Gasteiger charge is 2.26. The third-order valence-corrected chi connectivity index (χ3v) is 3.31. The number of ether oxygens (including phenoxy) is 2. The third-order valence-electron chi connectivity index (χ3n) is 3.31. The summed E-state index contributed by atoms with van der Waals surface area (Å²) in [4.78, 5) is 0. The van der Waals surface area contributed by atoms with Crippen molar-refractivity contribution in [1.82, 2.24) is 0 Å². The fourth-order valence-corrected chi connectivity index (χ4v) is 2.28. The Labute approximate surface area is 104 Å².